The van der Waals surface area contributed by atoms with Gasteiger partial charge in [0.1, 0.15) is 0 Å². The standard InChI is InChI=1S/C7H6NO2/c1-6-4-2-3-5-7(6)8(9)10/h2-4H,1H3. The molecular formula is C7H6NO2. The highest BCUT2D eigenvalue weighted by molar-refractivity contribution is 5.36. The van der Waals surface area contributed by atoms with Gasteiger partial charge in [0.05, 0.1) is 11.0 Å². The van der Waals surface area contributed by atoms with E-state index in [0.717, 1.165) is 0 Å². The van der Waals surface area contributed by atoms with Crippen molar-refractivity contribution in [2.45, 2.75) is 6.92 Å². The molecule has 0 aliphatic rings. The molecule has 1 aromatic carbocycles. The molecule has 1 rings (SSSR count). The third kappa shape index (κ3) is 1.13. The van der Waals surface area contributed by atoms with E-state index in [1.165, 1.54) is 6.07 Å². The Morgan fingerprint density at radius 3 is 2.80 bits per heavy atom. The van der Waals surface area contributed by atoms with Gasteiger partial charge in [-0.25, -0.2) is 0 Å². The summed E-state index contributed by atoms with van der Waals surface area (Å²) < 4.78 is 0. The average molecular weight is 136 g/mol. The maximum absolute atomic E-state index is 10.2. The van der Waals surface area contributed by atoms with E-state index in [2.05, 4.69) is 6.07 Å². The molecule has 0 atom stereocenters. The summed E-state index contributed by atoms with van der Waals surface area (Å²) in [5, 5.41) is 10.2. The molecule has 10 heavy (non-hydrogen) atoms. The van der Waals surface area contributed by atoms with E-state index in [4.69, 9.17) is 0 Å². The Hall–Kier alpha value is -1.38. The zero-order valence-corrected chi connectivity index (χ0v) is 5.50. The lowest BCUT2D eigenvalue weighted by Crippen LogP contribution is -1.89. The van der Waals surface area contributed by atoms with Crippen molar-refractivity contribution in [2.75, 3.05) is 0 Å². The second-order valence-corrected chi connectivity index (χ2v) is 1.96. The number of rotatable bonds is 1. The molecule has 1 aromatic rings. The maximum atomic E-state index is 10.2. The number of hydrogen-bond acceptors (Lipinski definition) is 2. The van der Waals surface area contributed by atoms with Gasteiger partial charge in [-0.2, -0.15) is 0 Å². The van der Waals surface area contributed by atoms with Gasteiger partial charge in [-0.1, -0.05) is 12.1 Å². The highest BCUT2D eigenvalue weighted by Gasteiger charge is 2.06. The molecule has 0 N–H and O–H groups in total. The third-order valence-corrected chi connectivity index (χ3v) is 1.22. The van der Waals surface area contributed by atoms with Crippen LogP contribution in [-0.2, 0) is 0 Å². The molecule has 0 saturated heterocycles. The molecule has 0 spiro atoms. The molecule has 0 aromatic heterocycles. The number of nitro groups is 1. The molecule has 0 heterocycles. The van der Waals surface area contributed by atoms with Crippen molar-refractivity contribution >= 4 is 5.69 Å². The Kier molecular flexibility index (Phi) is 1.67. The predicted molar refractivity (Wildman–Crippen MR) is 36.7 cm³/mol. The molecule has 3 heteroatoms. The molecule has 0 aliphatic heterocycles. The molecule has 0 unspecified atom stereocenters. The summed E-state index contributed by atoms with van der Waals surface area (Å²) >= 11 is 0. The van der Waals surface area contributed by atoms with Gasteiger partial charge in [-0.3, -0.25) is 10.1 Å². The van der Waals surface area contributed by atoms with Crippen molar-refractivity contribution in [3.05, 3.63) is 39.9 Å². The molecule has 0 fully saturated rings. The van der Waals surface area contributed by atoms with E-state index in [0.29, 0.717) is 5.56 Å². The number of para-hydroxylation sites is 1. The summed E-state index contributed by atoms with van der Waals surface area (Å²) in [7, 11) is 0. The number of hydrogen-bond donors (Lipinski definition) is 0. The van der Waals surface area contributed by atoms with Crippen molar-refractivity contribution in [3.8, 4) is 0 Å². The molecule has 0 saturated carbocycles. The normalized spacial score (nSPS) is 9.30. The second-order valence-electron chi connectivity index (χ2n) is 1.96. The molecule has 51 valence electrons. The highest BCUT2D eigenvalue weighted by Crippen LogP contribution is 2.14. The van der Waals surface area contributed by atoms with E-state index in [1.807, 2.05) is 0 Å². The largest absolute Gasteiger partial charge is 0.280 e. The fraction of sp³-hybridized carbons (Fsp3) is 0.143. The Balaban J connectivity index is 3.15. The summed E-state index contributed by atoms with van der Waals surface area (Å²) in [6.07, 6.45) is 0. The maximum Gasteiger partial charge on any atom is 0.280 e. The van der Waals surface area contributed by atoms with Crippen LogP contribution in [-0.4, -0.2) is 4.92 Å². The molecular weight excluding hydrogens is 130 g/mol. The minimum Gasteiger partial charge on any atom is -0.258 e. The van der Waals surface area contributed by atoms with Crippen LogP contribution in [0.5, 0.6) is 0 Å². The molecule has 3 nitrogen and oxygen atoms in total. The van der Waals surface area contributed by atoms with Gasteiger partial charge in [0.2, 0.25) is 0 Å². The summed E-state index contributed by atoms with van der Waals surface area (Å²) in [6.45, 7) is 1.69. The van der Waals surface area contributed by atoms with Crippen LogP contribution in [0.4, 0.5) is 5.69 Å². The summed E-state index contributed by atoms with van der Waals surface area (Å²) in [5.74, 6) is 0. The smallest absolute Gasteiger partial charge is 0.258 e. The minimum absolute atomic E-state index is 0.0579. The van der Waals surface area contributed by atoms with Gasteiger partial charge in [-0.15, -0.1) is 0 Å². The first-order valence-corrected chi connectivity index (χ1v) is 2.83. The summed E-state index contributed by atoms with van der Waals surface area (Å²) in [6, 6.07) is 7.48. The second kappa shape index (κ2) is 2.47. The Morgan fingerprint density at radius 2 is 2.40 bits per heavy atom. The first kappa shape index (κ1) is 6.74. The Labute approximate surface area is 58.4 Å². The molecule has 0 amide bonds. The van der Waals surface area contributed by atoms with E-state index >= 15 is 0 Å². The molecule has 0 aliphatic carbocycles. The van der Waals surface area contributed by atoms with Crippen molar-refractivity contribution in [3.63, 3.8) is 0 Å². The third-order valence-electron chi connectivity index (χ3n) is 1.22. The number of aryl methyl sites for hydroxylation is 1. The number of benzene rings is 1. The van der Waals surface area contributed by atoms with Crippen molar-refractivity contribution in [2.24, 2.45) is 0 Å². The van der Waals surface area contributed by atoms with Gasteiger partial charge < -0.3 is 0 Å². The predicted octanol–water partition coefficient (Wildman–Crippen LogP) is 1.70. The van der Waals surface area contributed by atoms with Crippen molar-refractivity contribution in [1.29, 1.82) is 0 Å². The van der Waals surface area contributed by atoms with Crippen LogP contribution >= 0.6 is 0 Å². The van der Waals surface area contributed by atoms with Crippen LogP contribution in [0.2, 0.25) is 0 Å². The molecule has 0 bridgehead atoms. The van der Waals surface area contributed by atoms with Crippen LogP contribution in [0, 0.1) is 23.1 Å². The lowest BCUT2D eigenvalue weighted by atomic mass is 10.2. The van der Waals surface area contributed by atoms with E-state index in [9.17, 15) is 10.1 Å². The lowest BCUT2D eigenvalue weighted by Gasteiger charge is -1.91. The molecule has 1 radical (unpaired) electrons. The van der Waals surface area contributed by atoms with Gasteiger partial charge in [0.25, 0.3) is 5.69 Å². The zero-order chi connectivity index (χ0) is 7.56. The van der Waals surface area contributed by atoms with Crippen molar-refractivity contribution < 1.29 is 4.92 Å². The van der Waals surface area contributed by atoms with Gasteiger partial charge in [0, 0.05) is 5.56 Å². The number of nitrogens with zero attached hydrogens (tertiary/aromatic N) is 1. The van der Waals surface area contributed by atoms with Crippen molar-refractivity contribution in [1.82, 2.24) is 0 Å². The lowest BCUT2D eigenvalue weighted by molar-refractivity contribution is -0.385. The van der Waals surface area contributed by atoms with Gasteiger partial charge in [-0.05, 0) is 13.0 Å². The van der Waals surface area contributed by atoms with Gasteiger partial charge in [0.15, 0.2) is 0 Å². The van der Waals surface area contributed by atoms with E-state index in [-0.39, 0.29) is 5.69 Å². The van der Waals surface area contributed by atoms with E-state index < -0.39 is 4.92 Å². The fourth-order valence-corrected chi connectivity index (χ4v) is 0.709. The fourth-order valence-electron chi connectivity index (χ4n) is 0.709. The first-order valence-electron chi connectivity index (χ1n) is 2.83. The quantitative estimate of drug-likeness (QED) is 0.435. The zero-order valence-electron chi connectivity index (χ0n) is 5.50. The summed E-state index contributed by atoms with van der Waals surface area (Å²) in [5.41, 5.74) is 0.704. The van der Waals surface area contributed by atoms with Crippen LogP contribution in [0.3, 0.4) is 0 Å². The number of nitro benzene ring substituents is 1. The Morgan fingerprint density at radius 1 is 1.70 bits per heavy atom. The topological polar surface area (TPSA) is 43.1 Å². The monoisotopic (exact) mass is 136 g/mol. The SMILES string of the molecule is Cc1ccc[c]c1[N+](=O)[O-]. The average Bonchev–Trinajstić information content (AvgIpc) is 1.88. The first-order chi connectivity index (χ1) is 4.72. The van der Waals surface area contributed by atoms with Crippen LogP contribution in [0.15, 0.2) is 18.2 Å². The van der Waals surface area contributed by atoms with Crippen LogP contribution in [0.1, 0.15) is 5.56 Å². The Bertz CT molecular complexity index is 258. The van der Waals surface area contributed by atoms with Crippen LogP contribution < -0.4 is 0 Å². The summed E-state index contributed by atoms with van der Waals surface area (Å²) in [4.78, 5) is 9.76. The van der Waals surface area contributed by atoms with E-state index in [1.54, 1.807) is 19.1 Å². The van der Waals surface area contributed by atoms with Gasteiger partial charge >= 0.3 is 0 Å². The minimum atomic E-state index is -0.435. The van der Waals surface area contributed by atoms with Crippen LogP contribution in [0.25, 0.3) is 0 Å². The highest BCUT2D eigenvalue weighted by atomic mass is 16.6.